The van der Waals surface area contributed by atoms with Gasteiger partial charge in [-0.1, -0.05) is 26.0 Å². The molecule has 1 N–H and O–H groups in total. The molecule has 0 bridgehead atoms. The summed E-state index contributed by atoms with van der Waals surface area (Å²) >= 11 is 0. The van der Waals surface area contributed by atoms with Crippen LogP contribution in [0.3, 0.4) is 0 Å². The number of hydrogen-bond acceptors (Lipinski definition) is 5. The van der Waals surface area contributed by atoms with E-state index >= 15 is 4.39 Å². The molecule has 0 aromatic carbocycles. The summed E-state index contributed by atoms with van der Waals surface area (Å²) in [6, 6.07) is 0. The van der Waals surface area contributed by atoms with Crippen LogP contribution >= 0.6 is 0 Å². The molecule has 164 valence electrons. The van der Waals surface area contributed by atoms with Crippen molar-refractivity contribution in [2.24, 2.45) is 22.7 Å². The van der Waals surface area contributed by atoms with Crippen molar-refractivity contribution in [1.29, 1.82) is 0 Å². The predicted molar refractivity (Wildman–Crippen MR) is 107 cm³/mol. The van der Waals surface area contributed by atoms with Crippen molar-refractivity contribution >= 4 is 11.6 Å². The number of halogens is 1. The number of aliphatic hydroxyl groups is 1. The molecule has 2 saturated carbocycles. The van der Waals surface area contributed by atoms with Gasteiger partial charge in [-0.15, -0.1) is 0 Å². The van der Waals surface area contributed by atoms with Gasteiger partial charge in [-0.2, -0.15) is 0 Å². The van der Waals surface area contributed by atoms with Crippen LogP contribution in [-0.4, -0.2) is 45.9 Å². The van der Waals surface area contributed by atoms with Crippen LogP contribution in [0.15, 0.2) is 23.8 Å². The Bertz CT molecular complexity index is 907. The largest absolute Gasteiger partial charge is 0.390 e. The van der Waals surface area contributed by atoms with Crippen molar-refractivity contribution in [2.75, 3.05) is 0 Å². The fraction of sp³-hybridized carbons (Fsp3) is 0.750. The lowest BCUT2D eigenvalue weighted by Gasteiger charge is -2.62. The van der Waals surface area contributed by atoms with E-state index in [0.29, 0.717) is 18.4 Å². The number of alkyl halides is 1. The Balaban J connectivity index is 1.67. The number of rotatable bonds is 1. The molecule has 1 heterocycles. The molecule has 6 heteroatoms. The number of fused-ring (bicyclic) bond motifs is 7. The molecule has 0 aromatic rings. The molecule has 5 nitrogen and oxygen atoms in total. The summed E-state index contributed by atoms with van der Waals surface area (Å²) in [6.07, 6.45) is 4.73. The number of carbonyl (C=O) groups excluding carboxylic acids is 2. The van der Waals surface area contributed by atoms with Gasteiger partial charge in [0.1, 0.15) is 0 Å². The Hall–Kier alpha value is -1.37. The zero-order chi connectivity index (χ0) is 21.9. The van der Waals surface area contributed by atoms with Gasteiger partial charge in [-0.25, -0.2) is 4.39 Å². The minimum atomic E-state index is -1.91. The van der Waals surface area contributed by atoms with Crippen molar-refractivity contribution in [3.05, 3.63) is 23.8 Å². The number of ketones is 2. The average Bonchev–Trinajstić information content (AvgIpc) is 3.04. The molecular formula is C24H31FO5. The van der Waals surface area contributed by atoms with Crippen LogP contribution in [0, 0.1) is 22.7 Å². The van der Waals surface area contributed by atoms with E-state index in [9.17, 15) is 14.7 Å². The zero-order valence-electron chi connectivity index (χ0n) is 18.3. The SMILES string of the molecule is CC(=O)[C@@]12OC(C)(C)O[C@@H]1C[C@H]1[C@@H]3C=CC4=CC(=O)CC[C@]4(C)[C@@]3(F)[C@@H](O)C[C@@]12C. The Kier molecular flexibility index (Phi) is 3.90. The monoisotopic (exact) mass is 418 g/mol. The topological polar surface area (TPSA) is 72.8 Å². The molecule has 1 aliphatic heterocycles. The van der Waals surface area contributed by atoms with Crippen LogP contribution in [0.4, 0.5) is 4.39 Å². The second kappa shape index (κ2) is 5.70. The van der Waals surface area contributed by atoms with Crippen LogP contribution in [-0.2, 0) is 19.1 Å². The Morgan fingerprint density at radius 3 is 2.63 bits per heavy atom. The van der Waals surface area contributed by atoms with E-state index in [4.69, 9.17) is 9.47 Å². The van der Waals surface area contributed by atoms with Gasteiger partial charge in [0, 0.05) is 23.2 Å². The molecule has 30 heavy (non-hydrogen) atoms. The Labute approximate surface area is 176 Å². The number of carbonyl (C=O) groups is 2. The van der Waals surface area contributed by atoms with Crippen LogP contribution < -0.4 is 0 Å². The molecule has 0 unspecified atom stereocenters. The number of allylic oxidation sites excluding steroid dienone is 4. The summed E-state index contributed by atoms with van der Waals surface area (Å²) in [5.74, 6) is -1.84. The third-order valence-corrected chi connectivity index (χ3v) is 9.12. The maximum absolute atomic E-state index is 17.1. The number of ether oxygens (including phenoxy) is 2. The predicted octanol–water partition coefficient (Wildman–Crippen LogP) is 3.45. The second-order valence-corrected chi connectivity index (χ2v) is 10.9. The minimum Gasteiger partial charge on any atom is -0.390 e. The molecule has 8 atom stereocenters. The normalized spacial score (nSPS) is 53.4. The van der Waals surface area contributed by atoms with Crippen molar-refractivity contribution in [3.63, 3.8) is 0 Å². The molecule has 0 amide bonds. The third-order valence-electron chi connectivity index (χ3n) is 9.12. The first-order valence-electron chi connectivity index (χ1n) is 11.0. The molecule has 0 radical (unpaired) electrons. The summed E-state index contributed by atoms with van der Waals surface area (Å²) < 4.78 is 29.6. The molecule has 5 rings (SSSR count). The first kappa shape index (κ1) is 20.5. The van der Waals surface area contributed by atoms with E-state index in [2.05, 4.69) is 0 Å². The van der Waals surface area contributed by atoms with Gasteiger partial charge in [-0.3, -0.25) is 9.59 Å². The summed E-state index contributed by atoms with van der Waals surface area (Å²) in [7, 11) is 0. The molecule has 5 aliphatic rings. The minimum absolute atomic E-state index is 0.000671. The number of aliphatic hydroxyl groups excluding tert-OH is 1. The molecule has 4 aliphatic carbocycles. The maximum Gasteiger partial charge on any atom is 0.164 e. The van der Waals surface area contributed by atoms with Crippen molar-refractivity contribution in [1.82, 2.24) is 0 Å². The highest BCUT2D eigenvalue weighted by Gasteiger charge is 2.79. The van der Waals surface area contributed by atoms with Gasteiger partial charge in [0.05, 0.1) is 12.2 Å². The van der Waals surface area contributed by atoms with Gasteiger partial charge in [0.15, 0.2) is 28.6 Å². The molecule has 0 spiro atoms. The highest BCUT2D eigenvalue weighted by molar-refractivity contribution is 5.92. The van der Waals surface area contributed by atoms with E-state index in [1.54, 1.807) is 13.8 Å². The smallest absolute Gasteiger partial charge is 0.164 e. The lowest BCUT2D eigenvalue weighted by Crippen LogP contribution is -2.69. The summed E-state index contributed by atoms with van der Waals surface area (Å²) in [5, 5.41) is 11.4. The maximum atomic E-state index is 17.1. The summed E-state index contributed by atoms with van der Waals surface area (Å²) in [4.78, 5) is 25.0. The fourth-order valence-electron chi connectivity index (χ4n) is 7.76. The van der Waals surface area contributed by atoms with Crippen LogP contribution in [0.5, 0.6) is 0 Å². The number of hydrogen-bond donors (Lipinski definition) is 1. The van der Waals surface area contributed by atoms with E-state index in [-0.39, 0.29) is 30.3 Å². The molecule has 3 fully saturated rings. The number of Topliss-reactive ketones (excluding diaryl/α,β-unsaturated/α-hetero) is 1. The van der Waals surface area contributed by atoms with E-state index in [1.807, 2.05) is 26.0 Å². The first-order valence-corrected chi connectivity index (χ1v) is 11.0. The Morgan fingerprint density at radius 1 is 1.27 bits per heavy atom. The van der Waals surface area contributed by atoms with Crippen molar-refractivity contribution in [3.8, 4) is 0 Å². The van der Waals surface area contributed by atoms with Crippen LogP contribution in [0.2, 0.25) is 0 Å². The second-order valence-electron chi connectivity index (χ2n) is 10.9. The van der Waals surface area contributed by atoms with Gasteiger partial charge < -0.3 is 14.6 Å². The average molecular weight is 419 g/mol. The summed E-state index contributed by atoms with van der Waals surface area (Å²) in [6.45, 7) is 8.90. The third kappa shape index (κ3) is 2.08. The first-order chi connectivity index (χ1) is 13.8. The Morgan fingerprint density at radius 2 is 1.97 bits per heavy atom. The highest BCUT2D eigenvalue weighted by atomic mass is 19.1. The van der Waals surface area contributed by atoms with Crippen LogP contribution in [0.1, 0.15) is 60.3 Å². The van der Waals surface area contributed by atoms with Gasteiger partial charge in [0.2, 0.25) is 0 Å². The van der Waals surface area contributed by atoms with E-state index in [0.717, 1.165) is 0 Å². The van der Waals surface area contributed by atoms with E-state index < -0.39 is 46.0 Å². The van der Waals surface area contributed by atoms with Crippen molar-refractivity contribution in [2.45, 2.75) is 89.6 Å². The standard InChI is InChI=1S/C24H31FO5/c1-13(26)24-19(29-20(2,3)30-24)11-17-16-7-6-14-10-15(27)8-9-21(14,4)23(16,25)18(28)12-22(17,24)5/h6-7,10,16-19,28H,8-9,11-12H2,1-5H3/t16-,17-,18-,19+,21-,22-,23-,24+/m0/s1. The van der Waals surface area contributed by atoms with Gasteiger partial charge in [-0.05, 0) is 57.6 Å². The van der Waals surface area contributed by atoms with Crippen molar-refractivity contribution < 1.29 is 28.6 Å². The molecular weight excluding hydrogens is 387 g/mol. The quantitative estimate of drug-likeness (QED) is 0.706. The van der Waals surface area contributed by atoms with Crippen LogP contribution in [0.25, 0.3) is 0 Å². The zero-order valence-corrected chi connectivity index (χ0v) is 18.3. The molecule has 0 aromatic heterocycles. The van der Waals surface area contributed by atoms with Gasteiger partial charge in [0.25, 0.3) is 0 Å². The fourth-order valence-corrected chi connectivity index (χ4v) is 7.76. The van der Waals surface area contributed by atoms with Gasteiger partial charge >= 0.3 is 0 Å². The highest BCUT2D eigenvalue weighted by Crippen LogP contribution is 2.71. The molecule has 1 saturated heterocycles. The lowest BCUT2D eigenvalue weighted by molar-refractivity contribution is -0.239. The van der Waals surface area contributed by atoms with E-state index in [1.165, 1.54) is 13.0 Å². The lowest BCUT2D eigenvalue weighted by atomic mass is 9.45. The summed E-state index contributed by atoms with van der Waals surface area (Å²) in [5.41, 5.74) is -4.15.